The van der Waals surface area contributed by atoms with Crippen LogP contribution >= 0.6 is 11.3 Å². The lowest BCUT2D eigenvalue weighted by Gasteiger charge is -2.14. The molecule has 0 radical (unpaired) electrons. The van der Waals surface area contributed by atoms with Gasteiger partial charge in [0, 0.05) is 11.1 Å². The van der Waals surface area contributed by atoms with Crippen molar-refractivity contribution in [3.63, 3.8) is 0 Å². The SMILES string of the molecule is CCCCCCCCCCCCOc1ccc(C(=O)Oc2ccc(C#Cc3sc(C#Cc4ccc(OC(=O)c5ccc(OCCCCCCCCCCCC)c(OCCCCCCCCCCCC)c5)cc4)c(F)c3F)cc2)cc1OCCCCCCCCCCCC. The molecule has 5 aromatic rings. The summed E-state index contributed by atoms with van der Waals surface area (Å²) in [6.45, 7) is 11.2. The quantitative estimate of drug-likeness (QED) is 0.0165. The van der Waals surface area contributed by atoms with Gasteiger partial charge in [0.2, 0.25) is 0 Å². The Hall–Kier alpha value is -6.30. The van der Waals surface area contributed by atoms with Crippen molar-refractivity contribution in [1.82, 2.24) is 0 Å². The van der Waals surface area contributed by atoms with Gasteiger partial charge in [-0.3, -0.25) is 0 Å². The predicted octanol–water partition coefficient (Wildman–Crippen LogP) is 24.5. The molecule has 1 aromatic heterocycles. The topological polar surface area (TPSA) is 89.5 Å². The number of rotatable bonds is 52. The number of carbonyl (C=O) groups is 2. The lowest BCUT2D eigenvalue weighted by molar-refractivity contribution is 0.0724. The Kier molecular flexibility index (Phi) is 41.8. The molecule has 0 fully saturated rings. The van der Waals surface area contributed by atoms with E-state index in [1.54, 1.807) is 84.9 Å². The average Bonchev–Trinajstić information content (AvgIpc) is 2.00. The molecule has 510 valence electrons. The fourth-order valence-electron chi connectivity index (χ4n) is 11.2. The third-order valence-corrected chi connectivity index (χ3v) is 17.9. The monoisotopic (exact) mass is 1300 g/mol. The highest BCUT2D eigenvalue weighted by Crippen LogP contribution is 2.33. The smallest absolute Gasteiger partial charge is 0.343 e. The Labute approximate surface area is 564 Å². The number of carbonyl (C=O) groups excluding carboxylic acids is 2. The summed E-state index contributed by atoms with van der Waals surface area (Å²) in [6.07, 6.45) is 49.4. The summed E-state index contributed by atoms with van der Waals surface area (Å²) >= 11 is 0.819. The van der Waals surface area contributed by atoms with Gasteiger partial charge in [0.15, 0.2) is 34.6 Å². The van der Waals surface area contributed by atoms with Crippen LogP contribution in [0, 0.1) is 35.3 Å². The summed E-state index contributed by atoms with van der Waals surface area (Å²) in [6, 6.07) is 23.5. The summed E-state index contributed by atoms with van der Waals surface area (Å²) in [5.74, 6) is 11.0. The zero-order chi connectivity index (χ0) is 66.0. The van der Waals surface area contributed by atoms with Crippen molar-refractivity contribution in [3.8, 4) is 58.2 Å². The number of hydrogen-bond donors (Lipinski definition) is 0. The molecule has 4 aromatic carbocycles. The summed E-state index contributed by atoms with van der Waals surface area (Å²) in [5.41, 5.74) is 1.69. The molecule has 0 saturated heterocycles. The van der Waals surface area contributed by atoms with Crippen molar-refractivity contribution >= 4 is 23.3 Å². The average molecular weight is 1300 g/mol. The van der Waals surface area contributed by atoms with E-state index in [-0.39, 0.29) is 9.75 Å². The van der Waals surface area contributed by atoms with Crippen molar-refractivity contribution in [2.75, 3.05) is 26.4 Å². The Morgan fingerprint density at radius 1 is 0.312 bits per heavy atom. The van der Waals surface area contributed by atoms with Gasteiger partial charge in [-0.25, -0.2) is 18.4 Å². The summed E-state index contributed by atoms with van der Waals surface area (Å²) < 4.78 is 67.1. The van der Waals surface area contributed by atoms with Crippen molar-refractivity contribution in [2.24, 2.45) is 0 Å². The van der Waals surface area contributed by atoms with Gasteiger partial charge in [0.25, 0.3) is 0 Å². The minimum absolute atomic E-state index is 0.0993. The molecule has 0 N–H and O–H groups in total. The van der Waals surface area contributed by atoms with Crippen LogP contribution in [0.25, 0.3) is 0 Å². The Morgan fingerprint density at radius 2 is 0.559 bits per heavy atom. The van der Waals surface area contributed by atoms with Crippen LogP contribution in [-0.2, 0) is 0 Å². The van der Waals surface area contributed by atoms with Gasteiger partial charge in [-0.2, -0.15) is 0 Å². The van der Waals surface area contributed by atoms with Crippen LogP contribution in [0.4, 0.5) is 8.78 Å². The maximum Gasteiger partial charge on any atom is 0.343 e. The maximum atomic E-state index is 15.2. The van der Waals surface area contributed by atoms with Gasteiger partial charge in [0.05, 0.1) is 37.6 Å². The molecule has 0 saturated carbocycles. The number of thiophene rings is 1. The second-order valence-electron chi connectivity index (χ2n) is 25.2. The number of unbranched alkanes of at least 4 members (excludes halogenated alkanes) is 36. The van der Waals surface area contributed by atoms with E-state index in [1.165, 1.54) is 205 Å². The molecule has 1 heterocycles. The Balaban J connectivity index is 1.12. The molecule has 0 bridgehead atoms. The fraction of sp³-hybridized carbons (Fsp3) is 0.585. The molecule has 0 aliphatic heterocycles. The van der Waals surface area contributed by atoms with Crippen LogP contribution in [-0.4, -0.2) is 38.4 Å². The number of halogens is 2. The number of hydrogen-bond acceptors (Lipinski definition) is 9. The summed E-state index contributed by atoms with van der Waals surface area (Å²) in [4.78, 5) is 26.8. The van der Waals surface area contributed by atoms with E-state index in [1.807, 2.05) is 0 Å². The van der Waals surface area contributed by atoms with E-state index in [2.05, 4.69) is 51.4 Å². The summed E-state index contributed by atoms with van der Waals surface area (Å²) in [5, 5.41) is 0. The van der Waals surface area contributed by atoms with E-state index in [4.69, 9.17) is 28.4 Å². The minimum Gasteiger partial charge on any atom is -0.490 e. The van der Waals surface area contributed by atoms with Gasteiger partial charge < -0.3 is 28.4 Å². The van der Waals surface area contributed by atoms with Crippen LogP contribution in [0.2, 0.25) is 0 Å². The van der Waals surface area contributed by atoms with Gasteiger partial charge in [-0.1, -0.05) is 271 Å². The largest absolute Gasteiger partial charge is 0.490 e. The lowest BCUT2D eigenvalue weighted by Crippen LogP contribution is -2.10. The van der Waals surface area contributed by atoms with Crippen molar-refractivity contribution in [2.45, 2.75) is 285 Å². The van der Waals surface area contributed by atoms with E-state index in [0.717, 1.165) is 62.7 Å². The van der Waals surface area contributed by atoms with Crippen LogP contribution in [0.3, 0.4) is 0 Å². The normalized spacial score (nSPS) is 11.0. The fourth-order valence-corrected chi connectivity index (χ4v) is 11.9. The predicted molar refractivity (Wildman–Crippen MR) is 381 cm³/mol. The molecule has 0 aliphatic carbocycles. The molecular formula is C82H114F2O8S. The molecule has 0 spiro atoms. The zero-order valence-corrected chi connectivity index (χ0v) is 58.4. The first kappa shape index (κ1) is 77.4. The molecule has 5 rings (SSSR count). The Bertz CT molecular complexity index is 2730. The molecule has 0 aliphatic rings. The summed E-state index contributed by atoms with van der Waals surface area (Å²) in [7, 11) is 0. The number of ether oxygens (including phenoxy) is 6. The first-order valence-electron chi connectivity index (χ1n) is 36.7. The van der Waals surface area contributed by atoms with E-state index < -0.39 is 23.6 Å². The van der Waals surface area contributed by atoms with Gasteiger partial charge >= 0.3 is 11.9 Å². The highest BCUT2D eigenvalue weighted by molar-refractivity contribution is 7.13. The van der Waals surface area contributed by atoms with Crippen LogP contribution in [0.15, 0.2) is 84.9 Å². The molecular weight excluding hydrogens is 1180 g/mol. The standard InChI is InChI=1S/C82H114F2O8S/c1-5-9-13-17-21-25-29-33-37-41-61-87-73-57-51-69(65-75(73)89-63-43-39-35-31-27-23-19-15-11-7-3)81(85)91-71-53-45-67(46-54-71)49-59-77-79(83)80(84)78(93-77)60-50-68-47-55-72(56-48-68)92-82(86)70-52-58-74(88-62-42-38-34-30-26-22-18-14-10-6-2)76(66-70)90-64-44-40-36-32-28-24-20-16-12-8-4/h45-48,51-58,65-66H,5-44,61-64H2,1-4H3. The van der Waals surface area contributed by atoms with Crippen molar-refractivity contribution in [3.05, 3.63) is 129 Å². The molecule has 93 heavy (non-hydrogen) atoms. The molecule has 0 unspecified atom stereocenters. The third-order valence-electron chi connectivity index (χ3n) is 16.9. The second kappa shape index (κ2) is 50.2. The van der Waals surface area contributed by atoms with Crippen molar-refractivity contribution in [1.29, 1.82) is 0 Å². The minimum atomic E-state index is -1.08. The van der Waals surface area contributed by atoms with E-state index in [9.17, 15) is 9.59 Å². The number of esters is 2. The van der Waals surface area contributed by atoms with Crippen LogP contribution < -0.4 is 28.4 Å². The maximum absolute atomic E-state index is 15.2. The highest BCUT2D eigenvalue weighted by atomic mass is 32.1. The molecule has 0 amide bonds. The van der Waals surface area contributed by atoms with Gasteiger partial charge in [0.1, 0.15) is 21.3 Å². The van der Waals surface area contributed by atoms with Crippen LogP contribution in [0.1, 0.15) is 326 Å². The van der Waals surface area contributed by atoms with Crippen molar-refractivity contribution < 1.29 is 46.8 Å². The lowest BCUT2D eigenvalue weighted by atomic mass is 10.1. The number of benzene rings is 4. The molecule has 0 atom stereocenters. The van der Waals surface area contributed by atoms with Crippen LogP contribution in [0.5, 0.6) is 34.5 Å². The zero-order valence-electron chi connectivity index (χ0n) is 57.6. The molecule has 11 heteroatoms. The Morgan fingerprint density at radius 3 is 0.828 bits per heavy atom. The van der Waals surface area contributed by atoms with E-state index in [0.29, 0.717) is 83.2 Å². The van der Waals surface area contributed by atoms with Gasteiger partial charge in [-0.05, 0) is 122 Å². The first-order chi connectivity index (χ1) is 45.7. The molecule has 8 nitrogen and oxygen atoms in total. The van der Waals surface area contributed by atoms with E-state index >= 15 is 8.78 Å². The highest BCUT2D eigenvalue weighted by Gasteiger charge is 2.19. The van der Waals surface area contributed by atoms with Gasteiger partial charge in [-0.15, -0.1) is 11.3 Å². The second-order valence-corrected chi connectivity index (χ2v) is 26.2. The first-order valence-corrected chi connectivity index (χ1v) is 37.5. The third kappa shape index (κ3) is 33.6.